The molecule has 180 valence electrons. The molecule has 5 aliphatic rings. The summed E-state index contributed by atoms with van der Waals surface area (Å²) in [6, 6.07) is 0.377. The number of fused-ring (bicyclic) bond motifs is 5. The topological polar surface area (TPSA) is 24.8 Å². The molecule has 0 radical (unpaired) electrons. The van der Waals surface area contributed by atoms with Crippen molar-refractivity contribution >= 4 is 6.21 Å². The van der Waals surface area contributed by atoms with Crippen LogP contribution in [0.2, 0.25) is 0 Å². The van der Waals surface area contributed by atoms with Crippen molar-refractivity contribution in [3.05, 3.63) is 12.2 Å². The molecule has 4 fully saturated rings. The van der Waals surface area contributed by atoms with Gasteiger partial charge in [0.25, 0.3) is 0 Å². The smallest absolute Gasteiger partial charge is 0.0701 e. The second kappa shape index (κ2) is 8.43. The Morgan fingerprint density at radius 3 is 2.53 bits per heavy atom. The van der Waals surface area contributed by atoms with E-state index in [1.165, 1.54) is 63.4 Å². The van der Waals surface area contributed by atoms with Crippen molar-refractivity contribution in [3.63, 3.8) is 0 Å². The number of methoxy groups -OCH3 is 1. The molecular formula is C29H48N2O. The van der Waals surface area contributed by atoms with Crippen molar-refractivity contribution in [1.82, 2.24) is 5.01 Å². The molecule has 10 atom stereocenters. The predicted octanol–water partition coefficient (Wildman–Crippen LogP) is 6.79. The Balaban J connectivity index is 1.28. The summed E-state index contributed by atoms with van der Waals surface area (Å²) in [5.41, 5.74) is 2.29. The number of ether oxygens (including phenoxy) is 1. The summed E-state index contributed by atoms with van der Waals surface area (Å²) in [6.45, 7) is 16.4. The molecular weight excluding hydrogens is 392 g/mol. The molecule has 0 aromatic carbocycles. The number of nitrogens with zero attached hydrogens (tertiary/aromatic N) is 2. The minimum atomic E-state index is 0.377. The first-order valence-electron chi connectivity index (χ1n) is 13.7. The second-order valence-electron chi connectivity index (χ2n) is 13.2. The summed E-state index contributed by atoms with van der Waals surface area (Å²) in [6.07, 6.45) is 15.1. The molecule has 5 rings (SSSR count). The van der Waals surface area contributed by atoms with E-state index in [1.807, 2.05) is 13.3 Å². The fourth-order valence-corrected chi connectivity index (χ4v) is 9.95. The molecule has 0 aromatic rings. The van der Waals surface area contributed by atoms with Gasteiger partial charge in [-0.3, -0.25) is 5.01 Å². The highest BCUT2D eigenvalue weighted by atomic mass is 16.5. The third-order valence-electron chi connectivity index (χ3n) is 11.6. The quantitative estimate of drug-likeness (QED) is 0.470. The van der Waals surface area contributed by atoms with Crippen LogP contribution in [0.3, 0.4) is 0 Å². The van der Waals surface area contributed by atoms with Crippen LogP contribution in [0, 0.1) is 52.3 Å². The maximum Gasteiger partial charge on any atom is 0.0701 e. The second-order valence-corrected chi connectivity index (χ2v) is 13.2. The lowest BCUT2D eigenvalue weighted by Gasteiger charge is -2.60. The molecule has 0 aromatic heterocycles. The first kappa shape index (κ1) is 22.9. The van der Waals surface area contributed by atoms with Crippen molar-refractivity contribution in [3.8, 4) is 0 Å². The Labute approximate surface area is 197 Å². The minimum Gasteiger partial charge on any atom is -0.384 e. The SMILES string of the molecule is C=C1C=NN(CC(C)C2CCC3C4CCC5(C)CC(COC)CCC5C4CCC23C)C1C. The largest absolute Gasteiger partial charge is 0.384 e. The van der Waals surface area contributed by atoms with Gasteiger partial charge in [-0.2, -0.15) is 5.10 Å². The monoisotopic (exact) mass is 440 g/mol. The fourth-order valence-electron chi connectivity index (χ4n) is 9.95. The van der Waals surface area contributed by atoms with Gasteiger partial charge < -0.3 is 4.74 Å². The number of hydrazone groups is 1. The summed E-state index contributed by atoms with van der Waals surface area (Å²) in [5, 5.41) is 6.98. The van der Waals surface area contributed by atoms with E-state index >= 15 is 0 Å². The van der Waals surface area contributed by atoms with Gasteiger partial charge in [0.05, 0.1) is 12.3 Å². The van der Waals surface area contributed by atoms with E-state index in [0.29, 0.717) is 22.8 Å². The van der Waals surface area contributed by atoms with Crippen LogP contribution in [0.5, 0.6) is 0 Å². The van der Waals surface area contributed by atoms with Gasteiger partial charge in [-0.25, -0.2) is 0 Å². The van der Waals surface area contributed by atoms with Crippen molar-refractivity contribution in [2.45, 2.75) is 91.5 Å². The van der Waals surface area contributed by atoms with Gasteiger partial charge >= 0.3 is 0 Å². The number of hydrogen-bond acceptors (Lipinski definition) is 3. The fraction of sp³-hybridized carbons (Fsp3) is 0.897. The summed E-state index contributed by atoms with van der Waals surface area (Å²) in [5.74, 6) is 6.30. The van der Waals surface area contributed by atoms with Gasteiger partial charge in [0.1, 0.15) is 0 Å². The molecule has 1 aliphatic heterocycles. The standard InChI is InChI=1S/C29H48N2O/c1-19-16-30-31(21(19)3)17-20(2)25-9-10-27-24-11-13-28(4)15-22(18-32-6)7-8-26(28)23(24)12-14-29(25,27)5/h16,20-27H,1,7-15,17-18H2,2-6H3. The van der Waals surface area contributed by atoms with Crippen LogP contribution in [0.1, 0.15) is 85.5 Å². The molecule has 0 bridgehead atoms. The first-order chi connectivity index (χ1) is 15.3. The van der Waals surface area contributed by atoms with Crippen LogP contribution < -0.4 is 0 Å². The maximum atomic E-state index is 5.56. The van der Waals surface area contributed by atoms with Crippen molar-refractivity contribution in [2.24, 2.45) is 57.4 Å². The summed E-state index contributed by atoms with van der Waals surface area (Å²) >= 11 is 0. The molecule has 0 saturated heterocycles. The zero-order chi connectivity index (χ0) is 22.7. The van der Waals surface area contributed by atoms with Gasteiger partial charge in [-0.15, -0.1) is 0 Å². The van der Waals surface area contributed by atoms with Crippen molar-refractivity contribution in [1.29, 1.82) is 0 Å². The Hall–Kier alpha value is -0.830. The third kappa shape index (κ3) is 3.60. The molecule has 32 heavy (non-hydrogen) atoms. The molecule has 0 N–H and O–H groups in total. The van der Waals surface area contributed by atoms with Crippen molar-refractivity contribution in [2.75, 3.05) is 20.3 Å². The van der Waals surface area contributed by atoms with Crippen LogP contribution in [-0.4, -0.2) is 37.5 Å². The van der Waals surface area contributed by atoms with E-state index in [0.717, 1.165) is 48.7 Å². The van der Waals surface area contributed by atoms with Crippen LogP contribution >= 0.6 is 0 Å². The van der Waals surface area contributed by atoms with Crippen molar-refractivity contribution < 1.29 is 4.74 Å². The zero-order valence-corrected chi connectivity index (χ0v) is 21.5. The number of hydrogen-bond donors (Lipinski definition) is 0. The lowest BCUT2D eigenvalue weighted by atomic mass is 9.45. The highest BCUT2D eigenvalue weighted by Gasteiger charge is 2.59. The highest BCUT2D eigenvalue weighted by Crippen LogP contribution is 2.67. The van der Waals surface area contributed by atoms with E-state index in [1.54, 1.807) is 0 Å². The van der Waals surface area contributed by atoms with Crippen LogP contribution in [0.25, 0.3) is 0 Å². The summed E-state index contributed by atoms with van der Waals surface area (Å²) in [4.78, 5) is 0. The zero-order valence-electron chi connectivity index (χ0n) is 21.5. The van der Waals surface area contributed by atoms with E-state index in [2.05, 4.69) is 44.4 Å². The van der Waals surface area contributed by atoms with Gasteiger partial charge in [-0.05, 0) is 123 Å². The lowest BCUT2D eigenvalue weighted by Crippen LogP contribution is -2.52. The minimum absolute atomic E-state index is 0.377. The highest BCUT2D eigenvalue weighted by molar-refractivity contribution is 5.80. The Kier molecular flexibility index (Phi) is 6.05. The normalized spacial score (nSPS) is 49.0. The molecule has 4 aliphatic carbocycles. The predicted molar refractivity (Wildman–Crippen MR) is 134 cm³/mol. The van der Waals surface area contributed by atoms with E-state index in [-0.39, 0.29) is 0 Å². The van der Waals surface area contributed by atoms with Crippen LogP contribution in [0.4, 0.5) is 0 Å². The summed E-state index contributed by atoms with van der Waals surface area (Å²) < 4.78 is 5.56. The average Bonchev–Trinajstić information content (AvgIpc) is 3.27. The molecule has 4 saturated carbocycles. The maximum absolute atomic E-state index is 5.56. The summed E-state index contributed by atoms with van der Waals surface area (Å²) in [7, 11) is 1.89. The van der Waals surface area contributed by atoms with Gasteiger partial charge in [0.15, 0.2) is 0 Å². The van der Waals surface area contributed by atoms with Gasteiger partial charge in [0.2, 0.25) is 0 Å². The molecule has 1 heterocycles. The Morgan fingerprint density at radius 2 is 1.81 bits per heavy atom. The van der Waals surface area contributed by atoms with E-state index in [4.69, 9.17) is 4.74 Å². The van der Waals surface area contributed by atoms with Crippen LogP contribution in [0.15, 0.2) is 17.3 Å². The number of rotatable bonds is 5. The van der Waals surface area contributed by atoms with Gasteiger partial charge in [-0.1, -0.05) is 27.4 Å². The van der Waals surface area contributed by atoms with Gasteiger partial charge in [0, 0.05) is 20.3 Å². The molecule has 10 unspecified atom stereocenters. The first-order valence-corrected chi connectivity index (χ1v) is 13.7. The molecule has 3 heteroatoms. The van der Waals surface area contributed by atoms with Crippen LogP contribution in [-0.2, 0) is 4.74 Å². The average molecular weight is 441 g/mol. The Morgan fingerprint density at radius 1 is 1.09 bits per heavy atom. The lowest BCUT2D eigenvalue weighted by molar-refractivity contribution is -0.112. The van der Waals surface area contributed by atoms with E-state index in [9.17, 15) is 0 Å². The molecule has 0 amide bonds. The third-order valence-corrected chi connectivity index (χ3v) is 11.6. The molecule has 3 nitrogen and oxygen atoms in total. The molecule has 0 spiro atoms. The Bertz CT molecular complexity index is 747. The van der Waals surface area contributed by atoms with E-state index < -0.39 is 0 Å².